The van der Waals surface area contributed by atoms with Crippen LogP contribution in [0.1, 0.15) is 5.69 Å². The zero-order chi connectivity index (χ0) is 14.9. The highest BCUT2D eigenvalue weighted by atomic mass is 32.1. The topological polar surface area (TPSA) is 58.0 Å². The molecule has 1 aliphatic rings. The Morgan fingerprint density at radius 2 is 1.73 bits per heavy atom. The molecule has 112 valence electrons. The molecular weight excluding hydrogens is 296 g/mol. The lowest BCUT2D eigenvalue weighted by atomic mass is 10.3. The maximum Gasteiger partial charge on any atom is 0.150 e. The molecule has 4 rings (SSSR count). The van der Waals surface area contributed by atoms with Gasteiger partial charge in [-0.15, -0.1) is 11.3 Å². The molecule has 0 aliphatic carbocycles. The quantitative estimate of drug-likeness (QED) is 0.722. The summed E-state index contributed by atoms with van der Waals surface area (Å²) in [7, 11) is 0. The summed E-state index contributed by atoms with van der Waals surface area (Å²) < 4.78 is 1.17. The van der Waals surface area contributed by atoms with Crippen LogP contribution in [0, 0.1) is 6.92 Å². The fraction of sp³-hybridized carbons (Fsp3) is 0.333. The third-order valence-corrected chi connectivity index (χ3v) is 4.82. The number of rotatable bonds is 2. The number of hydrogen-bond donors (Lipinski definition) is 0. The van der Waals surface area contributed by atoms with Crippen molar-refractivity contribution in [3.63, 3.8) is 0 Å². The summed E-state index contributed by atoms with van der Waals surface area (Å²) in [5.41, 5.74) is 2.03. The molecule has 0 spiro atoms. The van der Waals surface area contributed by atoms with Crippen LogP contribution in [0.4, 0.5) is 11.6 Å². The molecular formula is C15H16N6S. The van der Waals surface area contributed by atoms with Gasteiger partial charge in [0.1, 0.15) is 24.3 Å². The minimum absolute atomic E-state index is 0.938. The van der Waals surface area contributed by atoms with Crippen LogP contribution < -0.4 is 9.80 Å². The number of piperazine rings is 1. The molecule has 6 nitrogen and oxygen atoms in total. The van der Waals surface area contributed by atoms with E-state index >= 15 is 0 Å². The molecule has 4 heterocycles. The van der Waals surface area contributed by atoms with Gasteiger partial charge in [0.15, 0.2) is 0 Å². The molecule has 0 radical (unpaired) electrons. The average Bonchev–Trinajstić information content (AvgIpc) is 3.04. The van der Waals surface area contributed by atoms with Crippen molar-refractivity contribution in [2.75, 3.05) is 36.0 Å². The van der Waals surface area contributed by atoms with Crippen LogP contribution in [0.25, 0.3) is 10.2 Å². The Labute approximate surface area is 132 Å². The molecule has 0 saturated carbocycles. The molecule has 7 heteroatoms. The second-order valence-corrected chi connectivity index (χ2v) is 6.24. The van der Waals surface area contributed by atoms with E-state index in [4.69, 9.17) is 0 Å². The van der Waals surface area contributed by atoms with Crippen molar-refractivity contribution in [3.8, 4) is 0 Å². The van der Waals surface area contributed by atoms with Crippen LogP contribution >= 0.6 is 11.3 Å². The van der Waals surface area contributed by atoms with E-state index in [-0.39, 0.29) is 0 Å². The molecule has 3 aromatic heterocycles. The predicted octanol–water partition coefficient (Wildman–Crippen LogP) is 2.12. The Balaban J connectivity index is 1.53. The maximum absolute atomic E-state index is 4.50. The van der Waals surface area contributed by atoms with Crippen molar-refractivity contribution >= 4 is 33.2 Å². The van der Waals surface area contributed by atoms with E-state index in [1.807, 2.05) is 19.1 Å². The molecule has 0 atom stereocenters. The van der Waals surface area contributed by atoms with Gasteiger partial charge in [0, 0.05) is 37.9 Å². The summed E-state index contributed by atoms with van der Waals surface area (Å²) >= 11 is 1.71. The van der Waals surface area contributed by atoms with Crippen molar-refractivity contribution in [1.29, 1.82) is 0 Å². The van der Waals surface area contributed by atoms with Gasteiger partial charge in [-0.2, -0.15) is 0 Å². The van der Waals surface area contributed by atoms with Crippen molar-refractivity contribution in [3.05, 3.63) is 35.9 Å². The fourth-order valence-corrected chi connectivity index (χ4v) is 3.62. The lowest BCUT2D eigenvalue weighted by Crippen LogP contribution is -2.47. The van der Waals surface area contributed by atoms with Gasteiger partial charge < -0.3 is 9.80 Å². The second kappa shape index (κ2) is 5.49. The Hall–Kier alpha value is -2.28. The smallest absolute Gasteiger partial charge is 0.150 e. The van der Waals surface area contributed by atoms with Gasteiger partial charge in [-0.25, -0.2) is 19.9 Å². The SMILES string of the molecule is Cc1cc(N2CCN(c3ncnc4ccsc34)CC2)ncn1. The number of aryl methyl sites for hydroxylation is 1. The van der Waals surface area contributed by atoms with E-state index in [2.05, 4.69) is 35.1 Å². The predicted molar refractivity (Wildman–Crippen MR) is 88.6 cm³/mol. The zero-order valence-corrected chi connectivity index (χ0v) is 13.1. The first-order chi connectivity index (χ1) is 10.8. The maximum atomic E-state index is 4.50. The number of hydrogen-bond acceptors (Lipinski definition) is 7. The molecule has 1 fully saturated rings. The number of aromatic nitrogens is 4. The first kappa shape index (κ1) is 13.4. The van der Waals surface area contributed by atoms with Crippen LogP contribution in [0.2, 0.25) is 0 Å². The summed E-state index contributed by atoms with van der Waals surface area (Å²) in [4.78, 5) is 22.0. The lowest BCUT2D eigenvalue weighted by molar-refractivity contribution is 0.642. The van der Waals surface area contributed by atoms with Gasteiger partial charge in [0.2, 0.25) is 0 Å². The van der Waals surface area contributed by atoms with Crippen LogP contribution in [0.5, 0.6) is 0 Å². The van der Waals surface area contributed by atoms with E-state index in [0.717, 1.165) is 49.0 Å². The highest BCUT2D eigenvalue weighted by molar-refractivity contribution is 7.17. The van der Waals surface area contributed by atoms with Crippen LogP contribution in [-0.2, 0) is 0 Å². The summed E-state index contributed by atoms with van der Waals surface area (Å²) in [5.74, 6) is 2.06. The van der Waals surface area contributed by atoms with Crippen LogP contribution in [0.3, 0.4) is 0 Å². The van der Waals surface area contributed by atoms with Crippen molar-refractivity contribution < 1.29 is 0 Å². The van der Waals surface area contributed by atoms with Crippen molar-refractivity contribution in [1.82, 2.24) is 19.9 Å². The number of anilines is 2. The van der Waals surface area contributed by atoms with E-state index in [9.17, 15) is 0 Å². The molecule has 0 N–H and O–H groups in total. The largest absolute Gasteiger partial charge is 0.353 e. The minimum atomic E-state index is 0.938. The van der Waals surface area contributed by atoms with E-state index < -0.39 is 0 Å². The second-order valence-electron chi connectivity index (χ2n) is 5.32. The molecule has 1 saturated heterocycles. The van der Waals surface area contributed by atoms with Gasteiger partial charge in [0.25, 0.3) is 0 Å². The summed E-state index contributed by atoms with van der Waals surface area (Å²) in [6, 6.07) is 4.09. The van der Waals surface area contributed by atoms with E-state index in [1.165, 1.54) is 4.70 Å². The first-order valence-corrected chi connectivity index (χ1v) is 8.16. The van der Waals surface area contributed by atoms with Crippen LogP contribution in [-0.4, -0.2) is 46.1 Å². The summed E-state index contributed by atoms with van der Waals surface area (Å²) in [5, 5.41) is 2.07. The van der Waals surface area contributed by atoms with E-state index in [1.54, 1.807) is 24.0 Å². The third kappa shape index (κ3) is 2.37. The molecule has 1 aliphatic heterocycles. The molecule has 0 amide bonds. The Bertz CT molecular complexity index is 793. The van der Waals surface area contributed by atoms with Gasteiger partial charge in [-0.3, -0.25) is 0 Å². The summed E-state index contributed by atoms with van der Waals surface area (Å²) in [6.07, 6.45) is 3.29. The summed E-state index contributed by atoms with van der Waals surface area (Å²) in [6.45, 7) is 5.75. The van der Waals surface area contributed by atoms with Gasteiger partial charge in [0.05, 0.1) is 10.2 Å². The lowest BCUT2D eigenvalue weighted by Gasteiger charge is -2.36. The van der Waals surface area contributed by atoms with Crippen LogP contribution in [0.15, 0.2) is 30.2 Å². The Kier molecular flexibility index (Phi) is 3.34. The monoisotopic (exact) mass is 312 g/mol. The average molecular weight is 312 g/mol. The molecule has 0 bridgehead atoms. The number of nitrogens with zero attached hydrogens (tertiary/aromatic N) is 6. The van der Waals surface area contributed by atoms with Crippen molar-refractivity contribution in [2.24, 2.45) is 0 Å². The standard InChI is InChI=1S/C15H16N6S/c1-11-8-13(18-9-16-11)20-3-5-21(6-4-20)15-14-12(2-7-22-14)17-10-19-15/h2,7-10H,3-6H2,1H3. The van der Waals surface area contributed by atoms with Crippen molar-refractivity contribution in [2.45, 2.75) is 6.92 Å². The molecule has 3 aromatic rings. The molecule has 0 aromatic carbocycles. The highest BCUT2D eigenvalue weighted by Crippen LogP contribution is 2.28. The van der Waals surface area contributed by atoms with Gasteiger partial charge in [-0.1, -0.05) is 0 Å². The molecule has 0 unspecified atom stereocenters. The van der Waals surface area contributed by atoms with Gasteiger partial charge >= 0.3 is 0 Å². The zero-order valence-electron chi connectivity index (χ0n) is 12.3. The third-order valence-electron chi connectivity index (χ3n) is 3.92. The number of fused-ring (bicyclic) bond motifs is 1. The minimum Gasteiger partial charge on any atom is -0.353 e. The number of thiophene rings is 1. The fourth-order valence-electron chi connectivity index (χ4n) is 2.76. The first-order valence-electron chi connectivity index (χ1n) is 7.28. The molecule has 22 heavy (non-hydrogen) atoms. The highest BCUT2D eigenvalue weighted by Gasteiger charge is 2.21. The normalized spacial score (nSPS) is 15.5. The Morgan fingerprint density at radius 3 is 2.55 bits per heavy atom. The van der Waals surface area contributed by atoms with E-state index in [0.29, 0.717) is 0 Å². The van der Waals surface area contributed by atoms with Gasteiger partial charge in [-0.05, 0) is 18.4 Å². The Morgan fingerprint density at radius 1 is 0.955 bits per heavy atom.